The van der Waals surface area contributed by atoms with Gasteiger partial charge in [-0.2, -0.15) is 0 Å². The van der Waals surface area contributed by atoms with Gasteiger partial charge in [0.2, 0.25) is 0 Å². The summed E-state index contributed by atoms with van der Waals surface area (Å²) in [4.78, 5) is 12.8. The Morgan fingerprint density at radius 2 is 1.36 bits per heavy atom. The number of ketones is 1. The number of carbonyl (C=O) groups excluding carboxylic acids is 1. The summed E-state index contributed by atoms with van der Waals surface area (Å²) >= 11 is 0. The second-order valence-corrected chi connectivity index (χ2v) is 5.47. The van der Waals surface area contributed by atoms with E-state index in [0.717, 1.165) is 16.7 Å². The minimum atomic E-state index is -0.326. The van der Waals surface area contributed by atoms with Crippen molar-refractivity contribution in [2.24, 2.45) is 0 Å². The van der Waals surface area contributed by atoms with Crippen molar-refractivity contribution in [3.63, 3.8) is 0 Å². The molecule has 0 fully saturated rings. The average Bonchev–Trinajstić information content (AvgIpc) is 2.61. The maximum absolute atomic E-state index is 13.0. The molecule has 2 rings (SSSR count). The van der Waals surface area contributed by atoms with Crippen molar-refractivity contribution < 1.29 is 23.4 Å². The Balaban J connectivity index is 2.53. The van der Waals surface area contributed by atoms with Crippen LogP contribution in [0, 0.1) is 19.7 Å². The van der Waals surface area contributed by atoms with Gasteiger partial charge in [0.1, 0.15) is 28.6 Å². The van der Waals surface area contributed by atoms with Crippen molar-refractivity contribution >= 4 is 11.9 Å². The largest absolute Gasteiger partial charge is 0.496 e. The molecule has 0 aliphatic rings. The number of methoxy groups -OCH3 is 3. The van der Waals surface area contributed by atoms with E-state index < -0.39 is 0 Å². The minimum absolute atomic E-state index is 0.271. The SMILES string of the molecule is COc1c(C)c(OC)c(C(=O)/C=C/c2ccc(F)cc2)c(OC)c1C. The number of carbonyl (C=O) groups is 1. The van der Waals surface area contributed by atoms with E-state index in [-0.39, 0.29) is 11.6 Å². The molecule has 0 bridgehead atoms. The molecule has 0 aromatic heterocycles. The summed E-state index contributed by atoms with van der Waals surface area (Å²) in [6.45, 7) is 3.65. The Kier molecular flexibility index (Phi) is 5.80. The van der Waals surface area contributed by atoms with Gasteiger partial charge in [-0.05, 0) is 37.6 Å². The fraction of sp³-hybridized carbons (Fsp3) is 0.250. The van der Waals surface area contributed by atoms with E-state index in [1.165, 1.54) is 32.4 Å². The van der Waals surface area contributed by atoms with Gasteiger partial charge in [0, 0.05) is 11.1 Å². The van der Waals surface area contributed by atoms with Crippen LogP contribution in [0.4, 0.5) is 4.39 Å². The van der Waals surface area contributed by atoms with Crippen LogP contribution < -0.4 is 14.2 Å². The first-order valence-corrected chi connectivity index (χ1v) is 7.71. The van der Waals surface area contributed by atoms with Crippen molar-refractivity contribution in [2.45, 2.75) is 13.8 Å². The van der Waals surface area contributed by atoms with Crippen molar-refractivity contribution in [2.75, 3.05) is 21.3 Å². The molecule has 0 radical (unpaired) electrons. The van der Waals surface area contributed by atoms with Gasteiger partial charge in [0.05, 0.1) is 21.3 Å². The molecule has 0 unspecified atom stereocenters. The zero-order chi connectivity index (χ0) is 18.6. The molecule has 2 aromatic carbocycles. The predicted octanol–water partition coefficient (Wildman–Crippen LogP) is 4.36. The lowest BCUT2D eigenvalue weighted by Crippen LogP contribution is -2.08. The first-order valence-electron chi connectivity index (χ1n) is 7.71. The topological polar surface area (TPSA) is 44.8 Å². The number of hydrogen-bond acceptors (Lipinski definition) is 4. The molecule has 0 saturated heterocycles. The summed E-state index contributed by atoms with van der Waals surface area (Å²) < 4.78 is 29.3. The zero-order valence-electron chi connectivity index (χ0n) is 15.0. The molecule has 5 heteroatoms. The van der Waals surface area contributed by atoms with Gasteiger partial charge in [0.15, 0.2) is 5.78 Å². The summed E-state index contributed by atoms with van der Waals surface area (Å²) in [6, 6.07) is 5.87. The fourth-order valence-corrected chi connectivity index (χ4v) is 2.84. The van der Waals surface area contributed by atoms with Gasteiger partial charge in [-0.1, -0.05) is 18.2 Å². The molecule has 0 N–H and O–H groups in total. The van der Waals surface area contributed by atoms with Gasteiger partial charge in [-0.3, -0.25) is 4.79 Å². The van der Waals surface area contributed by atoms with Crippen LogP contribution in [0.1, 0.15) is 27.0 Å². The van der Waals surface area contributed by atoms with Gasteiger partial charge < -0.3 is 14.2 Å². The Labute approximate surface area is 146 Å². The summed E-state index contributed by atoms with van der Waals surface area (Å²) in [5.41, 5.74) is 2.50. The number of benzene rings is 2. The number of allylic oxidation sites excluding steroid dienone is 1. The third-order valence-corrected chi connectivity index (χ3v) is 3.97. The molecular weight excluding hydrogens is 323 g/mol. The number of halogens is 1. The van der Waals surface area contributed by atoms with Gasteiger partial charge in [0.25, 0.3) is 0 Å². The van der Waals surface area contributed by atoms with Crippen molar-refractivity contribution in [3.8, 4) is 17.2 Å². The maximum atomic E-state index is 13.0. The van der Waals surface area contributed by atoms with E-state index in [2.05, 4.69) is 0 Å². The maximum Gasteiger partial charge on any atom is 0.193 e. The molecule has 0 heterocycles. The molecule has 4 nitrogen and oxygen atoms in total. The average molecular weight is 344 g/mol. The van der Waals surface area contributed by atoms with E-state index in [1.54, 1.807) is 25.3 Å². The van der Waals surface area contributed by atoms with Crippen LogP contribution in [-0.2, 0) is 0 Å². The van der Waals surface area contributed by atoms with Gasteiger partial charge in [-0.15, -0.1) is 0 Å². The highest BCUT2D eigenvalue weighted by atomic mass is 19.1. The third kappa shape index (κ3) is 3.65. The summed E-state index contributed by atoms with van der Waals surface area (Å²) in [7, 11) is 4.55. The summed E-state index contributed by atoms with van der Waals surface area (Å²) in [6.07, 6.45) is 3.04. The molecule has 132 valence electrons. The van der Waals surface area contributed by atoms with Crippen LogP contribution in [0.2, 0.25) is 0 Å². The minimum Gasteiger partial charge on any atom is -0.496 e. The van der Waals surface area contributed by atoms with Crippen LogP contribution in [-0.4, -0.2) is 27.1 Å². The molecule has 25 heavy (non-hydrogen) atoms. The molecule has 0 amide bonds. The number of rotatable bonds is 6. The Morgan fingerprint density at radius 3 is 1.80 bits per heavy atom. The molecule has 0 atom stereocenters. The van der Waals surface area contributed by atoms with E-state index in [9.17, 15) is 9.18 Å². The number of hydrogen-bond donors (Lipinski definition) is 0. The first kappa shape index (κ1) is 18.5. The van der Waals surface area contributed by atoms with Crippen molar-refractivity contribution in [1.82, 2.24) is 0 Å². The lowest BCUT2D eigenvalue weighted by Gasteiger charge is -2.19. The Hall–Kier alpha value is -2.82. The van der Waals surface area contributed by atoms with E-state index in [4.69, 9.17) is 14.2 Å². The van der Waals surface area contributed by atoms with Crippen LogP contribution in [0.25, 0.3) is 6.08 Å². The second kappa shape index (κ2) is 7.83. The standard InChI is InChI=1S/C20H21FO4/c1-12-18(23-3)13(2)20(25-5)17(19(12)24-4)16(22)11-8-14-6-9-15(21)10-7-14/h6-11H,1-5H3/b11-8+. The van der Waals surface area contributed by atoms with Crippen LogP contribution in [0.15, 0.2) is 30.3 Å². The lowest BCUT2D eigenvalue weighted by molar-refractivity contribution is 0.104. The molecule has 0 spiro atoms. The van der Waals surface area contributed by atoms with Crippen molar-refractivity contribution in [3.05, 3.63) is 58.4 Å². The highest BCUT2D eigenvalue weighted by Crippen LogP contribution is 2.43. The van der Waals surface area contributed by atoms with Crippen molar-refractivity contribution in [1.29, 1.82) is 0 Å². The molecule has 0 aliphatic heterocycles. The Bertz CT molecular complexity index is 776. The highest BCUT2D eigenvalue weighted by molar-refractivity contribution is 6.11. The molecule has 2 aromatic rings. The van der Waals surface area contributed by atoms with Crippen LogP contribution >= 0.6 is 0 Å². The molecule has 0 aliphatic carbocycles. The normalized spacial score (nSPS) is 10.8. The summed E-state index contributed by atoms with van der Waals surface area (Å²) in [5.74, 6) is 0.842. The molecule has 0 saturated carbocycles. The fourth-order valence-electron chi connectivity index (χ4n) is 2.84. The third-order valence-electron chi connectivity index (χ3n) is 3.97. The first-order chi connectivity index (χ1) is 11.9. The smallest absolute Gasteiger partial charge is 0.193 e. The monoisotopic (exact) mass is 344 g/mol. The van der Waals surface area contributed by atoms with Crippen LogP contribution in [0.3, 0.4) is 0 Å². The zero-order valence-corrected chi connectivity index (χ0v) is 15.0. The van der Waals surface area contributed by atoms with E-state index in [1.807, 2.05) is 13.8 Å². The number of ether oxygens (including phenoxy) is 3. The van der Waals surface area contributed by atoms with Gasteiger partial charge >= 0.3 is 0 Å². The molecular formula is C20H21FO4. The predicted molar refractivity (Wildman–Crippen MR) is 95.3 cm³/mol. The van der Waals surface area contributed by atoms with E-state index in [0.29, 0.717) is 22.8 Å². The summed E-state index contributed by atoms with van der Waals surface area (Å²) in [5, 5.41) is 0. The van der Waals surface area contributed by atoms with Gasteiger partial charge in [-0.25, -0.2) is 4.39 Å². The van der Waals surface area contributed by atoms with E-state index >= 15 is 0 Å². The van der Waals surface area contributed by atoms with Crippen LogP contribution in [0.5, 0.6) is 17.2 Å². The second-order valence-electron chi connectivity index (χ2n) is 5.47. The lowest BCUT2D eigenvalue weighted by atomic mass is 9.98. The quantitative estimate of drug-likeness (QED) is 0.577. The highest BCUT2D eigenvalue weighted by Gasteiger charge is 2.25. The Morgan fingerprint density at radius 1 is 0.880 bits per heavy atom.